The van der Waals surface area contributed by atoms with E-state index >= 15 is 0 Å². The third-order valence-electron chi connectivity index (χ3n) is 5.46. The van der Waals surface area contributed by atoms with Crippen LogP contribution in [0.15, 0.2) is 41.3 Å². The Morgan fingerprint density at radius 1 is 1.12 bits per heavy atom. The minimum absolute atomic E-state index is 0.163. The molecule has 1 atom stereocenters. The summed E-state index contributed by atoms with van der Waals surface area (Å²) in [4.78, 5) is 2.45. The number of benzene rings is 2. The van der Waals surface area contributed by atoms with Gasteiger partial charge >= 0.3 is 0 Å². The standard InChI is InChI=1S/C23H31Cl2N3O4S/c1-28-15-18(21-13-19(24)14-23(25)22(21)16-28)11-17-3-2-4-20(12-17)33(29,30)27-6-8-32-10-9-31-7-5-26/h2-4,12-14,18,27H,5-11,15-16,26H2,1H3. The first kappa shape index (κ1) is 26.4. The number of hydrogen-bond acceptors (Lipinski definition) is 6. The van der Waals surface area contributed by atoms with E-state index in [9.17, 15) is 8.42 Å². The van der Waals surface area contributed by atoms with Crippen molar-refractivity contribution in [3.63, 3.8) is 0 Å². The van der Waals surface area contributed by atoms with Crippen LogP contribution < -0.4 is 10.5 Å². The van der Waals surface area contributed by atoms with Gasteiger partial charge in [0.2, 0.25) is 10.0 Å². The van der Waals surface area contributed by atoms with Crippen LogP contribution in [-0.2, 0) is 32.5 Å². The maximum absolute atomic E-state index is 12.7. The van der Waals surface area contributed by atoms with E-state index in [-0.39, 0.29) is 24.0 Å². The molecular weight excluding hydrogens is 485 g/mol. The number of fused-ring (bicyclic) bond motifs is 1. The number of nitrogens with one attached hydrogen (secondary N) is 1. The Morgan fingerprint density at radius 2 is 1.88 bits per heavy atom. The molecule has 0 spiro atoms. The number of nitrogens with two attached hydrogens (primary N) is 1. The van der Waals surface area contributed by atoms with Crippen molar-refractivity contribution in [2.45, 2.75) is 23.8 Å². The normalized spacial score (nSPS) is 16.7. The first-order valence-electron chi connectivity index (χ1n) is 10.9. The number of likely N-dealkylation sites (N-methyl/N-ethyl adjacent to an activating group) is 1. The topological polar surface area (TPSA) is 93.9 Å². The van der Waals surface area contributed by atoms with Gasteiger partial charge in [0.05, 0.1) is 31.3 Å². The van der Waals surface area contributed by atoms with Crippen LogP contribution in [0.2, 0.25) is 10.0 Å². The molecule has 1 unspecified atom stereocenters. The minimum atomic E-state index is -3.64. The molecule has 2 aromatic rings. The summed E-state index contributed by atoms with van der Waals surface area (Å²) < 4.78 is 38.7. The lowest BCUT2D eigenvalue weighted by Gasteiger charge is -2.33. The zero-order chi connectivity index (χ0) is 23.8. The Bertz CT molecular complexity index is 1040. The molecule has 1 heterocycles. The highest BCUT2D eigenvalue weighted by atomic mass is 35.5. The third kappa shape index (κ3) is 7.63. The fourth-order valence-electron chi connectivity index (χ4n) is 4.00. The van der Waals surface area contributed by atoms with Crippen LogP contribution in [0.25, 0.3) is 0 Å². The maximum atomic E-state index is 12.7. The fraction of sp³-hybridized carbons (Fsp3) is 0.478. The molecular formula is C23H31Cl2N3O4S. The van der Waals surface area contributed by atoms with Crippen molar-refractivity contribution in [1.82, 2.24) is 9.62 Å². The van der Waals surface area contributed by atoms with Gasteiger partial charge in [-0.2, -0.15) is 0 Å². The highest BCUT2D eigenvalue weighted by molar-refractivity contribution is 7.89. The summed E-state index contributed by atoms with van der Waals surface area (Å²) in [5.74, 6) is 0.163. The second kappa shape index (κ2) is 12.5. The summed E-state index contributed by atoms with van der Waals surface area (Å²) in [6.45, 7) is 3.81. The van der Waals surface area contributed by atoms with E-state index in [1.54, 1.807) is 24.3 Å². The molecule has 0 fully saturated rings. The Kier molecular flexibility index (Phi) is 9.96. The van der Waals surface area contributed by atoms with Crippen LogP contribution in [0.5, 0.6) is 0 Å². The lowest BCUT2D eigenvalue weighted by atomic mass is 9.85. The molecule has 3 rings (SSSR count). The van der Waals surface area contributed by atoms with E-state index in [0.717, 1.165) is 29.8 Å². The van der Waals surface area contributed by atoms with Gasteiger partial charge in [-0.1, -0.05) is 35.3 Å². The largest absolute Gasteiger partial charge is 0.378 e. The monoisotopic (exact) mass is 515 g/mol. The fourth-order valence-corrected chi connectivity index (χ4v) is 5.65. The smallest absolute Gasteiger partial charge is 0.240 e. The van der Waals surface area contributed by atoms with Crippen molar-refractivity contribution in [2.24, 2.45) is 5.73 Å². The van der Waals surface area contributed by atoms with Gasteiger partial charge in [0.15, 0.2) is 0 Å². The van der Waals surface area contributed by atoms with E-state index in [1.807, 2.05) is 12.1 Å². The summed E-state index contributed by atoms with van der Waals surface area (Å²) >= 11 is 12.7. The number of halogens is 2. The molecule has 0 saturated carbocycles. The number of nitrogens with zero attached hydrogens (tertiary/aromatic N) is 1. The summed E-state index contributed by atoms with van der Waals surface area (Å²) in [7, 11) is -1.59. The molecule has 182 valence electrons. The van der Waals surface area contributed by atoms with Crippen LogP contribution in [0.4, 0.5) is 0 Å². The summed E-state index contributed by atoms with van der Waals surface area (Å²) in [6.07, 6.45) is 0.684. The molecule has 0 aliphatic carbocycles. The highest BCUT2D eigenvalue weighted by Crippen LogP contribution is 2.36. The Balaban J connectivity index is 1.62. The van der Waals surface area contributed by atoms with Crippen LogP contribution in [0.3, 0.4) is 0 Å². The van der Waals surface area contributed by atoms with E-state index in [1.165, 1.54) is 0 Å². The summed E-state index contributed by atoms with van der Waals surface area (Å²) in [5.41, 5.74) is 8.49. The molecule has 1 aliphatic rings. The lowest BCUT2D eigenvalue weighted by molar-refractivity contribution is 0.0530. The molecule has 1 aliphatic heterocycles. The molecule has 0 radical (unpaired) electrons. The summed E-state index contributed by atoms with van der Waals surface area (Å²) in [6, 6.07) is 10.8. The van der Waals surface area contributed by atoms with E-state index < -0.39 is 10.0 Å². The van der Waals surface area contributed by atoms with E-state index in [2.05, 4.69) is 16.7 Å². The number of ether oxygens (including phenoxy) is 2. The third-order valence-corrected chi connectivity index (χ3v) is 7.47. The molecule has 0 bridgehead atoms. The van der Waals surface area contributed by atoms with Gasteiger partial charge in [0.25, 0.3) is 0 Å². The minimum Gasteiger partial charge on any atom is -0.378 e. The van der Waals surface area contributed by atoms with Gasteiger partial charge in [-0.25, -0.2) is 13.1 Å². The maximum Gasteiger partial charge on any atom is 0.240 e. The molecule has 10 heteroatoms. The van der Waals surface area contributed by atoms with Gasteiger partial charge < -0.3 is 20.1 Å². The SMILES string of the molecule is CN1Cc2c(Cl)cc(Cl)cc2C(Cc2cccc(S(=O)(=O)NCCOCCOCCN)c2)C1. The van der Waals surface area contributed by atoms with Crippen molar-refractivity contribution in [3.05, 3.63) is 63.1 Å². The average Bonchev–Trinajstić information content (AvgIpc) is 2.76. The molecule has 0 aromatic heterocycles. The second-order valence-corrected chi connectivity index (χ2v) is 10.7. The van der Waals surface area contributed by atoms with Crippen LogP contribution in [-0.4, -0.2) is 66.4 Å². The quantitative estimate of drug-likeness (QED) is 0.422. The first-order chi connectivity index (χ1) is 15.8. The zero-order valence-electron chi connectivity index (χ0n) is 18.7. The first-order valence-corrected chi connectivity index (χ1v) is 13.1. The van der Waals surface area contributed by atoms with Gasteiger partial charge in [-0.3, -0.25) is 0 Å². The van der Waals surface area contributed by atoms with E-state index in [0.29, 0.717) is 42.8 Å². The predicted octanol–water partition coefficient (Wildman–Crippen LogP) is 3.04. The van der Waals surface area contributed by atoms with Gasteiger partial charge in [-0.05, 0) is 54.4 Å². The number of rotatable bonds is 12. The average molecular weight is 516 g/mol. The van der Waals surface area contributed by atoms with Gasteiger partial charge in [-0.15, -0.1) is 0 Å². The summed E-state index contributed by atoms with van der Waals surface area (Å²) in [5, 5.41) is 1.28. The highest BCUT2D eigenvalue weighted by Gasteiger charge is 2.26. The van der Waals surface area contributed by atoms with Crippen molar-refractivity contribution in [3.8, 4) is 0 Å². The number of hydrogen-bond donors (Lipinski definition) is 2. The number of sulfonamides is 1. The molecule has 0 amide bonds. The van der Waals surface area contributed by atoms with Gasteiger partial charge in [0.1, 0.15) is 0 Å². The molecule has 33 heavy (non-hydrogen) atoms. The Hall–Kier alpha value is -1.23. The molecule has 2 aromatic carbocycles. The van der Waals surface area contributed by atoms with Crippen molar-refractivity contribution < 1.29 is 17.9 Å². The van der Waals surface area contributed by atoms with Crippen molar-refractivity contribution >= 4 is 33.2 Å². The van der Waals surface area contributed by atoms with Crippen molar-refractivity contribution in [1.29, 1.82) is 0 Å². The van der Waals surface area contributed by atoms with Crippen LogP contribution in [0, 0.1) is 0 Å². The molecule has 0 saturated heterocycles. The molecule has 3 N–H and O–H groups in total. The van der Waals surface area contributed by atoms with E-state index in [4.69, 9.17) is 38.4 Å². The molecule has 7 nitrogen and oxygen atoms in total. The Morgan fingerprint density at radius 3 is 2.64 bits per heavy atom. The zero-order valence-corrected chi connectivity index (χ0v) is 21.1. The Labute approximate surface area is 206 Å². The van der Waals surface area contributed by atoms with Crippen molar-refractivity contribution in [2.75, 3.05) is 53.1 Å². The second-order valence-electron chi connectivity index (χ2n) is 8.11. The van der Waals surface area contributed by atoms with Gasteiger partial charge in [0, 0.05) is 42.1 Å². The lowest BCUT2D eigenvalue weighted by Crippen LogP contribution is -2.31. The predicted molar refractivity (Wildman–Crippen MR) is 132 cm³/mol. The van der Waals surface area contributed by atoms with Crippen LogP contribution >= 0.6 is 23.2 Å². The van der Waals surface area contributed by atoms with Crippen LogP contribution in [0.1, 0.15) is 22.6 Å².